The van der Waals surface area contributed by atoms with Gasteiger partial charge in [0.15, 0.2) is 0 Å². The van der Waals surface area contributed by atoms with Crippen molar-refractivity contribution in [2.24, 2.45) is 0 Å². The number of hydrogen-bond donors (Lipinski definition) is 1. The number of nitro groups is 1. The summed E-state index contributed by atoms with van der Waals surface area (Å²) in [6, 6.07) is 0. The highest BCUT2D eigenvalue weighted by Crippen LogP contribution is 2.10. The summed E-state index contributed by atoms with van der Waals surface area (Å²) in [5.74, 6) is -1.02. The minimum atomic E-state index is -2.03. The van der Waals surface area contributed by atoms with Crippen LogP contribution in [0, 0.1) is 10.1 Å². The lowest BCUT2D eigenvalue weighted by molar-refractivity contribution is -0.554. The number of rotatable bonds is 4. The van der Waals surface area contributed by atoms with Gasteiger partial charge in [0.1, 0.15) is 6.61 Å². The molecule has 0 aliphatic carbocycles. The second kappa shape index (κ2) is 4.01. The van der Waals surface area contributed by atoms with Gasteiger partial charge in [-0.3, -0.25) is 10.1 Å². The predicted molar refractivity (Wildman–Crippen MR) is 39.1 cm³/mol. The Labute approximate surface area is 69.3 Å². The van der Waals surface area contributed by atoms with Crippen LogP contribution < -0.4 is 0 Å². The molecule has 0 rings (SSSR count). The minimum Gasteiger partial charge on any atom is -0.461 e. The molecule has 12 heavy (non-hydrogen) atoms. The highest BCUT2D eigenvalue weighted by Gasteiger charge is 2.47. The summed E-state index contributed by atoms with van der Waals surface area (Å²) in [6.45, 7) is 1.75. The molecule has 6 heteroatoms. The summed E-state index contributed by atoms with van der Waals surface area (Å²) in [4.78, 5) is 20.4. The SMILES string of the molecule is CCOC(=O)C(C)(CO)[N+](=O)[O-]. The van der Waals surface area contributed by atoms with Gasteiger partial charge in [0.25, 0.3) is 0 Å². The maximum absolute atomic E-state index is 10.9. The number of carbonyl (C=O) groups is 1. The highest BCUT2D eigenvalue weighted by molar-refractivity contribution is 5.78. The van der Waals surface area contributed by atoms with E-state index in [1.807, 2.05) is 0 Å². The van der Waals surface area contributed by atoms with Gasteiger partial charge in [-0.25, -0.2) is 4.79 Å². The molecule has 0 aromatic carbocycles. The monoisotopic (exact) mass is 177 g/mol. The summed E-state index contributed by atoms with van der Waals surface area (Å²) in [5, 5.41) is 18.9. The van der Waals surface area contributed by atoms with Crippen LogP contribution in [-0.4, -0.2) is 34.8 Å². The summed E-state index contributed by atoms with van der Waals surface area (Å²) in [7, 11) is 0. The molecule has 70 valence electrons. The normalized spacial score (nSPS) is 14.9. The van der Waals surface area contributed by atoms with E-state index in [1.165, 1.54) is 6.92 Å². The van der Waals surface area contributed by atoms with Crippen molar-refractivity contribution in [3.63, 3.8) is 0 Å². The highest BCUT2D eigenvalue weighted by atomic mass is 16.6. The van der Waals surface area contributed by atoms with E-state index in [-0.39, 0.29) is 6.61 Å². The van der Waals surface area contributed by atoms with Crippen LogP contribution in [0.5, 0.6) is 0 Å². The summed E-state index contributed by atoms with van der Waals surface area (Å²) in [5.41, 5.74) is -2.03. The zero-order valence-electron chi connectivity index (χ0n) is 6.94. The van der Waals surface area contributed by atoms with Gasteiger partial charge < -0.3 is 9.84 Å². The Bertz CT molecular complexity index is 192. The maximum atomic E-state index is 10.9. The molecule has 0 amide bonds. The quantitative estimate of drug-likeness (QED) is 0.357. The van der Waals surface area contributed by atoms with Crippen LogP contribution in [0.1, 0.15) is 13.8 Å². The number of aliphatic hydroxyl groups is 1. The Balaban J connectivity index is 4.52. The first kappa shape index (κ1) is 10.8. The average molecular weight is 177 g/mol. The third-order valence-corrected chi connectivity index (χ3v) is 1.43. The van der Waals surface area contributed by atoms with Crippen molar-refractivity contribution >= 4 is 5.97 Å². The van der Waals surface area contributed by atoms with E-state index in [0.717, 1.165) is 6.92 Å². The van der Waals surface area contributed by atoms with Crippen LogP contribution in [0.2, 0.25) is 0 Å². The van der Waals surface area contributed by atoms with Crippen molar-refractivity contribution in [2.75, 3.05) is 13.2 Å². The minimum absolute atomic E-state index is 0.0578. The van der Waals surface area contributed by atoms with Gasteiger partial charge in [-0.05, 0) is 6.92 Å². The molecule has 1 atom stereocenters. The lowest BCUT2D eigenvalue weighted by Gasteiger charge is -2.15. The van der Waals surface area contributed by atoms with Gasteiger partial charge in [-0.1, -0.05) is 0 Å². The van der Waals surface area contributed by atoms with E-state index >= 15 is 0 Å². The number of hydrogen-bond acceptors (Lipinski definition) is 5. The molecule has 0 fully saturated rings. The molecule has 6 nitrogen and oxygen atoms in total. The van der Waals surface area contributed by atoms with Crippen LogP contribution >= 0.6 is 0 Å². The number of ether oxygens (including phenoxy) is 1. The van der Waals surface area contributed by atoms with Crippen molar-refractivity contribution in [1.29, 1.82) is 0 Å². The van der Waals surface area contributed by atoms with E-state index < -0.39 is 23.0 Å². The number of carbonyl (C=O) groups excluding carboxylic acids is 1. The Morgan fingerprint density at radius 3 is 2.50 bits per heavy atom. The summed E-state index contributed by atoms with van der Waals surface area (Å²) < 4.78 is 4.42. The first-order valence-electron chi connectivity index (χ1n) is 3.41. The molecular formula is C6H11NO5. The maximum Gasteiger partial charge on any atom is 0.387 e. The zero-order chi connectivity index (χ0) is 9.78. The standard InChI is InChI=1S/C6H11NO5/c1-3-12-5(9)6(2,4-8)7(10)11/h8H,3-4H2,1-2H3. The molecule has 1 unspecified atom stereocenters. The fourth-order valence-electron chi connectivity index (χ4n) is 0.483. The molecule has 0 heterocycles. The molecular weight excluding hydrogens is 166 g/mol. The average Bonchev–Trinajstić information content (AvgIpc) is 2.03. The van der Waals surface area contributed by atoms with Crippen molar-refractivity contribution in [1.82, 2.24) is 0 Å². The Morgan fingerprint density at radius 2 is 2.25 bits per heavy atom. The summed E-state index contributed by atoms with van der Waals surface area (Å²) in [6.07, 6.45) is 0. The topological polar surface area (TPSA) is 89.7 Å². The molecule has 0 saturated heterocycles. The summed E-state index contributed by atoms with van der Waals surface area (Å²) >= 11 is 0. The van der Waals surface area contributed by atoms with Crippen LogP contribution in [-0.2, 0) is 9.53 Å². The molecule has 0 spiro atoms. The Morgan fingerprint density at radius 1 is 1.75 bits per heavy atom. The fourth-order valence-corrected chi connectivity index (χ4v) is 0.483. The lowest BCUT2D eigenvalue weighted by atomic mass is 10.1. The van der Waals surface area contributed by atoms with Crippen LogP contribution in [0.4, 0.5) is 0 Å². The van der Waals surface area contributed by atoms with Crippen molar-refractivity contribution in [3.05, 3.63) is 10.1 Å². The zero-order valence-corrected chi connectivity index (χ0v) is 6.94. The van der Waals surface area contributed by atoms with E-state index in [0.29, 0.717) is 0 Å². The number of esters is 1. The first-order valence-corrected chi connectivity index (χ1v) is 3.41. The molecule has 0 radical (unpaired) electrons. The van der Waals surface area contributed by atoms with E-state index in [4.69, 9.17) is 5.11 Å². The molecule has 0 aromatic rings. The smallest absolute Gasteiger partial charge is 0.387 e. The number of aliphatic hydroxyl groups excluding tert-OH is 1. The third kappa shape index (κ3) is 1.91. The van der Waals surface area contributed by atoms with Crippen LogP contribution in [0.3, 0.4) is 0 Å². The van der Waals surface area contributed by atoms with Gasteiger partial charge in [-0.2, -0.15) is 0 Å². The van der Waals surface area contributed by atoms with Gasteiger partial charge in [0, 0.05) is 11.8 Å². The molecule has 0 aliphatic heterocycles. The molecule has 0 bridgehead atoms. The van der Waals surface area contributed by atoms with Crippen LogP contribution in [0.15, 0.2) is 0 Å². The molecule has 0 saturated carbocycles. The second-order valence-corrected chi connectivity index (χ2v) is 2.41. The van der Waals surface area contributed by atoms with Gasteiger partial charge in [0.2, 0.25) is 0 Å². The van der Waals surface area contributed by atoms with E-state index in [1.54, 1.807) is 0 Å². The molecule has 0 aliphatic rings. The third-order valence-electron chi connectivity index (χ3n) is 1.43. The second-order valence-electron chi connectivity index (χ2n) is 2.41. The predicted octanol–water partition coefficient (Wildman–Crippen LogP) is -0.423. The van der Waals surface area contributed by atoms with Gasteiger partial charge in [-0.15, -0.1) is 0 Å². The lowest BCUT2D eigenvalue weighted by Crippen LogP contribution is -2.48. The van der Waals surface area contributed by atoms with E-state index in [2.05, 4.69) is 4.74 Å². The Hall–Kier alpha value is -1.17. The molecule has 1 N–H and O–H groups in total. The largest absolute Gasteiger partial charge is 0.461 e. The number of nitrogens with zero attached hydrogens (tertiary/aromatic N) is 1. The fraction of sp³-hybridized carbons (Fsp3) is 0.833. The first-order chi connectivity index (χ1) is 5.49. The molecule has 0 aromatic heterocycles. The van der Waals surface area contributed by atoms with Crippen molar-refractivity contribution in [3.8, 4) is 0 Å². The van der Waals surface area contributed by atoms with E-state index in [9.17, 15) is 14.9 Å². The van der Waals surface area contributed by atoms with Crippen molar-refractivity contribution < 1.29 is 19.6 Å². The van der Waals surface area contributed by atoms with Gasteiger partial charge in [0.05, 0.1) is 6.61 Å². The van der Waals surface area contributed by atoms with Crippen molar-refractivity contribution in [2.45, 2.75) is 19.4 Å². The van der Waals surface area contributed by atoms with Crippen LogP contribution in [0.25, 0.3) is 0 Å². The van der Waals surface area contributed by atoms with Gasteiger partial charge >= 0.3 is 11.5 Å². The Kier molecular flexibility index (Phi) is 3.62.